The van der Waals surface area contributed by atoms with Crippen LogP contribution in [-0.2, 0) is 0 Å². The third-order valence-electron chi connectivity index (χ3n) is 9.20. The van der Waals surface area contributed by atoms with Gasteiger partial charge < -0.3 is 10.2 Å². The lowest BCUT2D eigenvalue weighted by atomic mass is 9.60. The molecule has 0 saturated heterocycles. The predicted octanol–water partition coefficient (Wildman–Crippen LogP) is 6.84. The van der Waals surface area contributed by atoms with Crippen LogP contribution in [0.2, 0.25) is 0 Å². The molecule has 3 rings (SSSR count). The zero-order chi connectivity index (χ0) is 22.1. The van der Waals surface area contributed by atoms with Crippen molar-refractivity contribution in [3.63, 3.8) is 0 Å². The van der Waals surface area contributed by atoms with Crippen LogP contribution in [0.5, 0.6) is 0 Å². The van der Waals surface area contributed by atoms with Crippen molar-refractivity contribution in [2.24, 2.45) is 35.0 Å². The average Bonchev–Trinajstić information content (AvgIpc) is 3.04. The summed E-state index contributed by atoms with van der Waals surface area (Å²) in [6.07, 6.45) is 13.8. The van der Waals surface area contributed by atoms with Gasteiger partial charge in [0.15, 0.2) is 0 Å². The zero-order valence-corrected chi connectivity index (χ0v) is 20.2. The van der Waals surface area contributed by atoms with E-state index in [-0.39, 0.29) is 0 Å². The second-order valence-electron chi connectivity index (χ2n) is 11.4. The van der Waals surface area contributed by atoms with Crippen molar-refractivity contribution in [3.05, 3.63) is 35.5 Å². The lowest BCUT2D eigenvalue weighted by molar-refractivity contribution is 0.0861. The minimum Gasteiger partial charge on any atom is -0.393 e. The Morgan fingerprint density at radius 2 is 1.83 bits per heavy atom. The molecular formula is C28H46O2. The van der Waals surface area contributed by atoms with Crippen molar-refractivity contribution < 1.29 is 10.2 Å². The van der Waals surface area contributed by atoms with Gasteiger partial charge in [0, 0.05) is 6.42 Å². The van der Waals surface area contributed by atoms with Gasteiger partial charge in [-0.15, -0.1) is 0 Å². The summed E-state index contributed by atoms with van der Waals surface area (Å²) in [4.78, 5) is 0. The van der Waals surface area contributed by atoms with E-state index in [1.54, 1.807) is 5.57 Å². The van der Waals surface area contributed by atoms with Crippen LogP contribution in [0.3, 0.4) is 0 Å². The van der Waals surface area contributed by atoms with E-state index < -0.39 is 12.2 Å². The molecule has 2 nitrogen and oxygen atoms in total. The molecule has 0 bridgehead atoms. The Balaban J connectivity index is 1.72. The van der Waals surface area contributed by atoms with Gasteiger partial charge in [0.05, 0.1) is 12.2 Å². The molecule has 0 amide bonds. The molecule has 3 fully saturated rings. The van der Waals surface area contributed by atoms with Crippen LogP contribution in [0.4, 0.5) is 0 Å². The fourth-order valence-corrected chi connectivity index (χ4v) is 6.74. The number of hydrogen-bond donors (Lipinski definition) is 2. The molecule has 0 heterocycles. The number of aliphatic hydroxyl groups excluding tert-OH is 2. The van der Waals surface area contributed by atoms with Crippen LogP contribution < -0.4 is 0 Å². The first-order valence-electron chi connectivity index (χ1n) is 12.6. The molecule has 0 aliphatic heterocycles. The normalized spacial score (nSPS) is 39.5. The van der Waals surface area contributed by atoms with E-state index in [1.165, 1.54) is 44.9 Å². The molecule has 2 N–H and O–H groups in total. The van der Waals surface area contributed by atoms with E-state index >= 15 is 0 Å². The summed E-state index contributed by atoms with van der Waals surface area (Å²) in [5.74, 6) is 3.95. The maximum absolute atomic E-state index is 10.1. The highest BCUT2D eigenvalue weighted by atomic mass is 16.3. The summed E-state index contributed by atoms with van der Waals surface area (Å²) in [6, 6.07) is 0. The quantitative estimate of drug-likeness (QED) is 0.500. The second-order valence-corrected chi connectivity index (χ2v) is 11.4. The van der Waals surface area contributed by atoms with Gasteiger partial charge in [-0.25, -0.2) is 0 Å². The average molecular weight is 415 g/mol. The molecule has 30 heavy (non-hydrogen) atoms. The molecule has 3 saturated carbocycles. The topological polar surface area (TPSA) is 40.5 Å². The highest BCUT2D eigenvalue weighted by Gasteiger charge is 2.50. The molecule has 170 valence electrons. The van der Waals surface area contributed by atoms with E-state index in [0.29, 0.717) is 24.2 Å². The van der Waals surface area contributed by atoms with Crippen molar-refractivity contribution in [2.45, 2.75) is 105 Å². The van der Waals surface area contributed by atoms with Crippen LogP contribution in [0.15, 0.2) is 35.5 Å². The van der Waals surface area contributed by atoms with Crippen LogP contribution in [0.25, 0.3) is 0 Å². The molecule has 0 radical (unpaired) electrons. The fourth-order valence-electron chi connectivity index (χ4n) is 6.74. The van der Waals surface area contributed by atoms with E-state index in [0.717, 1.165) is 34.8 Å². The molecule has 7 atom stereocenters. The lowest BCUT2D eigenvalue weighted by Gasteiger charge is -2.44. The molecule has 2 unspecified atom stereocenters. The van der Waals surface area contributed by atoms with E-state index in [4.69, 9.17) is 0 Å². The van der Waals surface area contributed by atoms with Gasteiger partial charge in [-0.1, -0.05) is 71.8 Å². The largest absolute Gasteiger partial charge is 0.393 e. The van der Waals surface area contributed by atoms with Crippen LogP contribution in [0.1, 0.15) is 92.4 Å². The molecule has 0 aromatic carbocycles. The van der Waals surface area contributed by atoms with Gasteiger partial charge in [0.2, 0.25) is 0 Å². The molecule has 2 heteroatoms. The summed E-state index contributed by atoms with van der Waals surface area (Å²) in [5.41, 5.74) is 3.87. The van der Waals surface area contributed by atoms with E-state index in [2.05, 4.69) is 53.3 Å². The van der Waals surface area contributed by atoms with Crippen molar-refractivity contribution >= 4 is 0 Å². The number of aliphatic hydroxyl groups is 2. The Kier molecular flexibility index (Phi) is 7.72. The maximum atomic E-state index is 10.1. The first-order valence-corrected chi connectivity index (χ1v) is 12.6. The van der Waals surface area contributed by atoms with Crippen molar-refractivity contribution in [3.8, 4) is 0 Å². The van der Waals surface area contributed by atoms with Gasteiger partial charge >= 0.3 is 0 Å². The predicted molar refractivity (Wildman–Crippen MR) is 127 cm³/mol. The second kappa shape index (κ2) is 9.74. The summed E-state index contributed by atoms with van der Waals surface area (Å²) in [6.45, 7) is 16.3. The highest BCUT2D eigenvalue weighted by Crippen LogP contribution is 2.60. The van der Waals surface area contributed by atoms with Crippen LogP contribution >= 0.6 is 0 Å². The van der Waals surface area contributed by atoms with Gasteiger partial charge in [-0.3, -0.25) is 0 Å². The standard InChI is InChI=1S/C28H46O2/c1-18(2)19(3)9-10-20(4)25-13-14-26-22(8-7-15-28(25,26)6)11-12-23-16-24(29)17-27(30)21(23)5/h11-12,18-20,24-27,29-30H,5,7-10,13-17H2,1-4,6H3/t19?,20-,24+,25?,26+,27+,28-/m1/s1. The highest BCUT2D eigenvalue weighted by molar-refractivity contribution is 5.38. The van der Waals surface area contributed by atoms with Crippen molar-refractivity contribution in [1.29, 1.82) is 0 Å². The zero-order valence-electron chi connectivity index (χ0n) is 20.2. The van der Waals surface area contributed by atoms with E-state index in [9.17, 15) is 10.2 Å². The third-order valence-corrected chi connectivity index (χ3v) is 9.20. The Labute approximate surface area is 185 Å². The third kappa shape index (κ3) is 4.96. The lowest BCUT2D eigenvalue weighted by Crippen LogP contribution is -2.36. The number of hydrogen-bond acceptors (Lipinski definition) is 2. The minimum absolute atomic E-state index is 0.419. The Morgan fingerprint density at radius 1 is 1.10 bits per heavy atom. The molecule has 0 aromatic rings. The SMILES string of the molecule is C=C1C(=CC=C2CCC[C@]3(C)C([C@H](C)CCC(C)C(C)C)CC[C@@H]23)C[C@H](O)C[C@@H]1O. The summed E-state index contributed by atoms with van der Waals surface area (Å²) in [5, 5.41) is 20.2. The minimum atomic E-state index is -0.597. The first-order chi connectivity index (χ1) is 14.1. The summed E-state index contributed by atoms with van der Waals surface area (Å²) < 4.78 is 0. The van der Waals surface area contributed by atoms with Crippen LogP contribution in [-0.4, -0.2) is 22.4 Å². The van der Waals surface area contributed by atoms with Crippen molar-refractivity contribution in [2.75, 3.05) is 0 Å². The molecule has 0 aromatic heterocycles. The Bertz CT molecular complexity index is 672. The van der Waals surface area contributed by atoms with Gasteiger partial charge in [0.1, 0.15) is 0 Å². The monoisotopic (exact) mass is 414 g/mol. The Hall–Kier alpha value is -0.860. The van der Waals surface area contributed by atoms with Gasteiger partial charge in [-0.2, -0.15) is 0 Å². The first kappa shape index (κ1) is 23.8. The molecule has 3 aliphatic rings. The van der Waals surface area contributed by atoms with E-state index in [1.807, 2.05) is 0 Å². The summed E-state index contributed by atoms with van der Waals surface area (Å²) in [7, 11) is 0. The summed E-state index contributed by atoms with van der Waals surface area (Å²) >= 11 is 0. The fraction of sp³-hybridized carbons (Fsp3) is 0.786. The smallest absolute Gasteiger partial charge is 0.0811 e. The maximum Gasteiger partial charge on any atom is 0.0811 e. The van der Waals surface area contributed by atoms with Gasteiger partial charge in [0.25, 0.3) is 0 Å². The van der Waals surface area contributed by atoms with Gasteiger partial charge in [-0.05, 0) is 84.7 Å². The Morgan fingerprint density at radius 3 is 2.53 bits per heavy atom. The molecular weight excluding hydrogens is 368 g/mol. The molecule has 3 aliphatic carbocycles. The number of allylic oxidation sites excluding steroid dienone is 3. The van der Waals surface area contributed by atoms with Crippen LogP contribution in [0, 0.1) is 35.0 Å². The van der Waals surface area contributed by atoms with Crippen molar-refractivity contribution in [1.82, 2.24) is 0 Å². The number of fused-ring (bicyclic) bond motifs is 1. The number of rotatable bonds is 6. The molecule has 0 spiro atoms.